The van der Waals surface area contributed by atoms with E-state index in [4.69, 9.17) is 17.3 Å². The molecule has 0 aliphatic heterocycles. The molecule has 1 aromatic heterocycles. The summed E-state index contributed by atoms with van der Waals surface area (Å²) in [5.41, 5.74) is 6.87. The minimum atomic E-state index is 0.0868. The van der Waals surface area contributed by atoms with Crippen LogP contribution < -0.4 is 5.73 Å². The van der Waals surface area contributed by atoms with Gasteiger partial charge in [0, 0.05) is 17.3 Å². The minimum absolute atomic E-state index is 0.0868. The first-order chi connectivity index (χ1) is 5.77. The second kappa shape index (κ2) is 3.04. The molecule has 1 atom stereocenters. The number of nitrogens with zero attached hydrogens (tertiary/aromatic N) is 1. The molecule has 0 aromatic carbocycles. The second-order valence-electron chi connectivity index (χ2n) is 3.26. The first-order valence-corrected chi connectivity index (χ1v) is 4.52. The Bertz CT molecular complexity index is 284. The van der Waals surface area contributed by atoms with Crippen molar-refractivity contribution < 1.29 is 0 Å². The average molecular weight is 183 g/mol. The van der Waals surface area contributed by atoms with Crippen molar-refractivity contribution >= 4 is 11.6 Å². The highest BCUT2D eigenvalue weighted by atomic mass is 35.5. The molecule has 1 aliphatic rings. The van der Waals surface area contributed by atoms with Crippen LogP contribution in [0.5, 0.6) is 0 Å². The average Bonchev–Trinajstić information content (AvgIpc) is 2.85. The van der Waals surface area contributed by atoms with Crippen molar-refractivity contribution in [3.8, 4) is 0 Å². The maximum atomic E-state index is 5.95. The van der Waals surface area contributed by atoms with Crippen molar-refractivity contribution in [2.24, 2.45) is 11.7 Å². The lowest BCUT2D eigenvalue weighted by molar-refractivity contribution is 0.615. The summed E-state index contributed by atoms with van der Waals surface area (Å²) in [6, 6.07) is 3.71. The molecule has 0 amide bonds. The van der Waals surface area contributed by atoms with Crippen LogP contribution in [-0.4, -0.2) is 4.98 Å². The zero-order chi connectivity index (χ0) is 8.55. The summed E-state index contributed by atoms with van der Waals surface area (Å²) in [4.78, 5) is 4.19. The van der Waals surface area contributed by atoms with Crippen molar-refractivity contribution in [2.45, 2.75) is 18.9 Å². The van der Waals surface area contributed by atoms with Gasteiger partial charge < -0.3 is 5.73 Å². The van der Waals surface area contributed by atoms with E-state index in [1.165, 1.54) is 12.8 Å². The third-order valence-corrected chi connectivity index (χ3v) is 2.45. The van der Waals surface area contributed by atoms with Crippen LogP contribution in [0.3, 0.4) is 0 Å². The molecule has 3 heteroatoms. The molecule has 0 unspecified atom stereocenters. The number of halogens is 1. The normalized spacial score (nSPS) is 19.2. The van der Waals surface area contributed by atoms with Crippen molar-refractivity contribution in [1.29, 1.82) is 0 Å². The van der Waals surface area contributed by atoms with Gasteiger partial charge in [0.2, 0.25) is 0 Å². The Morgan fingerprint density at radius 2 is 2.33 bits per heavy atom. The molecule has 1 saturated carbocycles. The first kappa shape index (κ1) is 8.02. The van der Waals surface area contributed by atoms with Crippen LogP contribution in [0.1, 0.15) is 24.6 Å². The number of aromatic nitrogens is 1. The molecule has 2 N–H and O–H groups in total. The maximum absolute atomic E-state index is 5.95. The predicted molar refractivity (Wildman–Crippen MR) is 48.9 cm³/mol. The Morgan fingerprint density at radius 3 is 2.92 bits per heavy atom. The Morgan fingerprint density at radius 1 is 1.58 bits per heavy atom. The minimum Gasteiger partial charge on any atom is -0.322 e. The fourth-order valence-corrected chi connectivity index (χ4v) is 1.47. The van der Waals surface area contributed by atoms with Crippen LogP contribution in [0.4, 0.5) is 0 Å². The fraction of sp³-hybridized carbons (Fsp3) is 0.444. The standard InChI is InChI=1S/C9H11ClN2/c10-7-3-4-12-8(5-7)9(11)6-1-2-6/h3-6,9H,1-2,11H2/t9-/m1/s1. The van der Waals surface area contributed by atoms with Crippen LogP contribution in [0.15, 0.2) is 18.3 Å². The lowest BCUT2D eigenvalue weighted by Gasteiger charge is -2.08. The molecule has 2 nitrogen and oxygen atoms in total. The Kier molecular flexibility index (Phi) is 2.03. The first-order valence-electron chi connectivity index (χ1n) is 4.14. The van der Waals surface area contributed by atoms with Gasteiger partial charge in [-0.2, -0.15) is 0 Å². The molecule has 1 aromatic rings. The van der Waals surface area contributed by atoms with Gasteiger partial charge in [-0.25, -0.2) is 0 Å². The van der Waals surface area contributed by atoms with Gasteiger partial charge in [-0.3, -0.25) is 4.98 Å². The van der Waals surface area contributed by atoms with E-state index < -0.39 is 0 Å². The van der Waals surface area contributed by atoms with Crippen LogP contribution in [-0.2, 0) is 0 Å². The van der Waals surface area contributed by atoms with E-state index in [0.29, 0.717) is 5.92 Å². The molecule has 1 aliphatic carbocycles. The summed E-state index contributed by atoms with van der Waals surface area (Å²) in [5, 5.41) is 0.719. The molecule has 0 radical (unpaired) electrons. The van der Waals surface area contributed by atoms with Crippen molar-refractivity contribution in [3.05, 3.63) is 29.0 Å². The highest BCUT2D eigenvalue weighted by Crippen LogP contribution is 2.38. The van der Waals surface area contributed by atoms with E-state index in [2.05, 4.69) is 4.98 Å². The van der Waals surface area contributed by atoms with Crippen molar-refractivity contribution in [1.82, 2.24) is 4.98 Å². The number of hydrogen-bond acceptors (Lipinski definition) is 2. The van der Waals surface area contributed by atoms with E-state index in [9.17, 15) is 0 Å². The molecular weight excluding hydrogens is 172 g/mol. The predicted octanol–water partition coefficient (Wildman–Crippen LogP) is 2.14. The van der Waals surface area contributed by atoms with E-state index in [1.807, 2.05) is 6.07 Å². The number of pyridine rings is 1. The van der Waals surface area contributed by atoms with Crippen molar-refractivity contribution in [2.75, 3.05) is 0 Å². The quantitative estimate of drug-likeness (QED) is 0.761. The van der Waals surface area contributed by atoms with Gasteiger partial charge in [0.15, 0.2) is 0 Å². The van der Waals surface area contributed by atoms with Crippen LogP contribution >= 0.6 is 11.6 Å². The van der Waals surface area contributed by atoms with Gasteiger partial charge in [-0.1, -0.05) is 11.6 Å². The topological polar surface area (TPSA) is 38.9 Å². The van der Waals surface area contributed by atoms with Gasteiger partial charge >= 0.3 is 0 Å². The summed E-state index contributed by atoms with van der Waals surface area (Å²) < 4.78 is 0. The lowest BCUT2D eigenvalue weighted by Crippen LogP contribution is -2.13. The molecule has 1 heterocycles. The third kappa shape index (κ3) is 1.59. The Hall–Kier alpha value is -0.600. The van der Waals surface area contributed by atoms with Crippen LogP contribution in [0.2, 0.25) is 5.02 Å². The van der Waals surface area contributed by atoms with Gasteiger partial charge in [-0.15, -0.1) is 0 Å². The summed E-state index contributed by atoms with van der Waals surface area (Å²) in [6.45, 7) is 0. The third-order valence-electron chi connectivity index (χ3n) is 2.21. The maximum Gasteiger partial charge on any atom is 0.0588 e. The monoisotopic (exact) mass is 182 g/mol. The van der Waals surface area contributed by atoms with E-state index in [-0.39, 0.29) is 6.04 Å². The summed E-state index contributed by atoms with van der Waals surface area (Å²) >= 11 is 5.82. The SMILES string of the molecule is N[C@@H](c1cc(Cl)ccn1)C1CC1. The zero-order valence-electron chi connectivity index (χ0n) is 6.70. The summed E-state index contributed by atoms with van der Waals surface area (Å²) in [5.74, 6) is 0.635. The number of hydrogen-bond donors (Lipinski definition) is 1. The molecule has 12 heavy (non-hydrogen) atoms. The second-order valence-corrected chi connectivity index (χ2v) is 3.70. The van der Waals surface area contributed by atoms with E-state index in [0.717, 1.165) is 10.7 Å². The van der Waals surface area contributed by atoms with Gasteiger partial charge in [-0.05, 0) is 30.9 Å². The molecular formula is C9H11ClN2. The van der Waals surface area contributed by atoms with Crippen LogP contribution in [0.25, 0.3) is 0 Å². The fourth-order valence-electron chi connectivity index (χ4n) is 1.30. The summed E-state index contributed by atoms with van der Waals surface area (Å²) in [7, 11) is 0. The molecule has 64 valence electrons. The zero-order valence-corrected chi connectivity index (χ0v) is 7.46. The highest BCUT2D eigenvalue weighted by molar-refractivity contribution is 6.30. The van der Waals surface area contributed by atoms with E-state index >= 15 is 0 Å². The van der Waals surface area contributed by atoms with E-state index in [1.54, 1.807) is 12.3 Å². The molecule has 1 fully saturated rings. The van der Waals surface area contributed by atoms with Crippen LogP contribution in [0, 0.1) is 5.92 Å². The molecule has 2 rings (SSSR count). The highest BCUT2D eigenvalue weighted by Gasteiger charge is 2.30. The Balaban J connectivity index is 2.20. The number of nitrogens with two attached hydrogens (primary N) is 1. The Labute approximate surface area is 76.7 Å². The smallest absolute Gasteiger partial charge is 0.0588 e. The largest absolute Gasteiger partial charge is 0.322 e. The van der Waals surface area contributed by atoms with Gasteiger partial charge in [0.25, 0.3) is 0 Å². The number of rotatable bonds is 2. The van der Waals surface area contributed by atoms with Gasteiger partial charge in [0.1, 0.15) is 0 Å². The molecule has 0 spiro atoms. The molecule has 0 saturated heterocycles. The van der Waals surface area contributed by atoms with Crippen molar-refractivity contribution in [3.63, 3.8) is 0 Å². The van der Waals surface area contributed by atoms with Gasteiger partial charge in [0.05, 0.1) is 5.69 Å². The summed E-state index contributed by atoms with van der Waals surface area (Å²) in [6.07, 6.45) is 4.17. The molecule has 0 bridgehead atoms. The lowest BCUT2D eigenvalue weighted by atomic mass is 10.1.